The number of nitrogens with zero attached hydrogens (tertiary/aromatic N) is 1. The van der Waals surface area contributed by atoms with Gasteiger partial charge < -0.3 is 18.9 Å². The van der Waals surface area contributed by atoms with E-state index in [4.69, 9.17) is 18.9 Å². The number of benzene rings is 3. The zero-order chi connectivity index (χ0) is 22.9. The highest BCUT2D eigenvalue weighted by atomic mass is 16.5. The number of methoxy groups -OCH3 is 3. The Hall–Kier alpha value is -3.73. The van der Waals surface area contributed by atoms with E-state index in [0.29, 0.717) is 6.61 Å². The van der Waals surface area contributed by atoms with Gasteiger partial charge in [0.05, 0.1) is 32.3 Å². The van der Waals surface area contributed by atoms with E-state index < -0.39 is 0 Å². The average Bonchev–Trinajstić information content (AvgIpc) is 2.85. The van der Waals surface area contributed by atoms with Crippen LogP contribution in [0.5, 0.6) is 23.0 Å². The van der Waals surface area contributed by atoms with E-state index in [2.05, 4.69) is 54.1 Å². The summed E-state index contributed by atoms with van der Waals surface area (Å²) in [4.78, 5) is 0. The monoisotopic (exact) mass is 442 g/mol. The summed E-state index contributed by atoms with van der Waals surface area (Å²) in [5.41, 5.74) is 5.96. The van der Waals surface area contributed by atoms with E-state index in [0.717, 1.165) is 58.0 Å². The first-order valence-corrected chi connectivity index (χ1v) is 11.1. The van der Waals surface area contributed by atoms with Gasteiger partial charge in [0, 0.05) is 12.5 Å². The molecule has 5 nitrogen and oxygen atoms in total. The number of fused-ring (bicyclic) bond motifs is 4. The van der Waals surface area contributed by atoms with Gasteiger partial charge in [-0.15, -0.1) is 0 Å². The molecule has 0 aliphatic carbocycles. The summed E-state index contributed by atoms with van der Waals surface area (Å²) in [5.74, 6) is 3.01. The molecule has 0 saturated heterocycles. The van der Waals surface area contributed by atoms with Crippen molar-refractivity contribution in [3.8, 4) is 34.3 Å². The van der Waals surface area contributed by atoms with Crippen LogP contribution in [-0.4, -0.2) is 21.3 Å². The molecule has 0 atom stereocenters. The molecule has 3 aromatic carbocycles. The third-order valence-corrected chi connectivity index (χ3v) is 6.44. The van der Waals surface area contributed by atoms with Crippen LogP contribution in [0.15, 0.2) is 60.8 Å². The predicted octanol–water partition coefficient (Wildman–Crippen LogP) is 5.26. The van der Waals surface area contributed by atoms with Crippen LogP contribution in [0.1, 0.15) is 16.7 Å². The van der Waals surface area contributed by atoms with Crippen LogP contribution in [0.3, 0.4) is 0 Å². The normalized spacial score (nSPS) is 12.1. The zero-order valence-corrected chi connectivity index (χ0v) is 19.5. The van der Waals surface area contributed by atoms with Crippen molar-refractivity contribution in [2.24, 2.45) is 0 Å². The quantitative estimate of drug-likeness (QED) is 0.382. The molecule has 0 N–H and O–H groups in total. The highest BCUT2D eigenvalue weighted by Gasteiger charge is 2.27. The molecule has 0 spiro atoms. The number of aryl methyl sites for hydroxylation is 3. The predicted molar refractivity (Wildman–Crippen MR) is 128 cm³/mol. The van der Waals surface area contributed by atoms with E-state index >= 15 is 0 Å². The molecule has 5 heteroatoms. The van der Waals surface area contributed by atoms with Crippen molar-refractivity contribution < 1.29 is 23.5 Å². The van der Waals surface area contributed by atoms with Crippen LogP contribution in [-0.2, 0) is 19.6 Å². The number of pyridine rings is 1. The van der Waals surface area contributed by atoms with Gasteiger partial charge in [0.1, 0.15) is 6.61 Å². The number of hydrogen-bond donors (Lipinski definition) is 0. The average molecular weight is 443 g/mol. The smallest absolute Gasteiger partial charge is 0.213 e. The molecule has 0 unspecified atom stereocenters. The van der Waals surface area contributed by atoms with E-state index in [1.807, 2.05) is 18.2 Å². The van der Waals surface area contributed by atoms with Gasteiger partial charge in [-0.2, -0.15) is 4.57 Å². The van der Waals surface area contributed by atoms with Crippen molar-refractivity contribution in [2.45, 2.75) is 26.5 Å². The van der Waals surface area contributed by atoms with E-state index in [9.17, 15) is 0 Å². The lowest BCUT2D eigenvalue weighted by Gasteiger charge is -2.19. The standard InChI is InChI=1S/C28H28NO4/c1-18-7-5-6-8-21(18)17-33-28-23-16-29-12-11-20-14-26(31-3)27(32-4)15-22(20)24(29)13-19(23)9-10-25(28)30-2/h5-10,13-16H,11-12,17H2,1-4H3/q+1. The molecule has 1 aliphatic heterocycles. The third kappa shape index (κ3) is 3.74. The van der Waals surface area contributed by atoms with Crippen molar-refractivity contribution in [1.29, 1.82) is 0 Å². The number of aromatic nitrogens is 1. The summed E-state index contributed by atoms with van der Waals surface area (Å²) in [6.45, 7) is 3.47. The fourth-order valence-corrected chi connectivity index (χ4v) is 4.57. The molecule has 1 aromatic heterocycles. The van der Waals surface area contributed by atoms with Gasteiger partial charge in [-0.05, 0) is 53.3 Å². The molecule has 5 rings (SSSR count). The molecule has 2 heterocycles. The third-order valence-electron chi connectivity index (χ3n) is 6.44. The second-order valence-electron chi connectivity index (χ2n) is 8.28. The van der Waals surface area contributed by atoms with Crippen molar-refractivity contribution >= 4 is 10.8 Å². The van der Waals surface area contributed by atoms with E-state index in [1.165, 1.54) is 16.7 Å². The molecule has 0 radical (unpaired) electrons. The van der Waals surface area contributed by atoms with Gasteiger partial charge in [-0.25, -0.2) is 0 Å². The van der Waals surface area contributed by atoms with E-state index in [1.54, 1.807) is 21.3 Å². The Morgan fingerprint density at radius 3 is 2.36 bits per heavy atom. The SMILES string of the molecule is COc1cc2c(cc1OC)-c1cc3ccc(OC)c(OCc4ccccc4C)c3c[n+]1CC2. The van der Waals surface area contributed by atoms with Crippen molar-refractivity contribution in [3.63, 3.8) is 0 Å². The maximum atomic E-state index is 6.36. The van der Waals surface area contributed by atoms with Crippen molar-refractivity contribution in [2.75, 3.05) is 21.3 Å². The van der Waals surface area contributed by atoms with Crippen molar-refractivity contribution in [1.82, 2.24) is 0 Å². The van der Waals surface area contributed by atoms with Gasteiger partial charge >= 0.3 is 0 Å². The Labute approximate surface area is 194 Å². The van der Waals surface area contributed by atoms with Gasteiger partial charge in [0.15, 0.2) is 35.7 Å². The molecule has 168 valence electrons. The largest absolute Gasteiger partial charge is 0.493 e. The second-order valence-corrected chi connectivity index (χ2v) is 8.28. The first kappa shape index (κ1) is 21.1. The molecular weight excluding hydrogens is 414 g/mol. The maximum absolute atomic E-state index is 6.36. The van der Waals surface area contributed by atoms with Crippen LogP contribution < -0.4 is 23.5 Å². The summed E-state index contributed by atoms with van der Waals surface area (Å²) >= 11 is 0. The molecular formula is C28H28NO4+. The molecule has 0 saturated carbocycles. The maximum Gasteiger partial charge on any atom is 0.213 e. The fraction of sp³-hybridized carbons (Fsp3) is 0.250. The first-order valence-electron chi connectivity index (χ1n) is 11.1. The highest BCUT2D eigenvalue weighted by Crippen LogP contribution is 2.40. The lowest BCUT2D eigenvalue weighted by Crippen LogP contribution is -2.40. The summed E-state index contributed by atoms with van der Waals surface area (Å²) < 4.78 is 25.4. The summed E-state index contributed by atoms with van der Waals surface area (Å²) in [6.07, 6.45) is 3.10. The van der Waals surface area contributed by atoms with Gasteiger partial charge in [0.25, 0.3) is 0 Å². The Balaban J connectivity index is 1.61. The Bertz CT molecular complexity index is 1350. The molecule has 0 amide bonds. The van der Waals surface area contributed by atoms with Crippen LogP contribution in [0, 0.1) is 6.92 Å². The van der Waals surface area contributed by atoms with Gasteiger partial charge in [-0.3, -0.25) is 0 Å². The summed E-state index contributed by atoms with van der Waals surface area (Å²) in [5, 5.41) is 2.14. The van der Waals surface area contributed by atoms with Crippen LogP contribution in [0.2, 0.25) is 0 Å². The Morgan fingerprint density at radius 2 is 1.61 bits per heavy atom. The fourth-order valence-electron chi connectivity index (χ4n) is 4.57. The Morgan fingerprint density at radius 1 is 0.848 bits per heavy atom. The lowest BCUT2D eigenvalue weighted by atomic mass is 9.95. The van der Waals surface area contributed by atoms with Crippen LogP contribution in [0.4, 0.5) is 0 Å². The Kier molecular flexibility index (Phi) is 5.55. The number of ether oxygens (including phenoxy) is 4. The number of rotatable bonds is 6. The summed E-state index contributed by atoms with van der Waals surface area (Å²) in [6, 6.07) is 18.7. The second kappa shape index (κ2) is 8.66. The molecule has 0 bridgehead atoms. The summed E-state index contributed by atoms with van der Waals surface area (Å²) in [7, 11) is 5.03. The van der Waals surface area contributed by atoms with Gasteiger partial charge in [-0.1, -0.05) is 24.3 Å². The van der Waals surface area contributed by atoms with Crippen LogP contribution in [0.25, 0.3) is 22.0 Å². The number of hydrogen-bond acceptors (Lipinski definition) is 4. The minimum Gasteiger partial charge on any atom is -0.493 e. The van der Waals surface area contributed by atoms with Crippen molar-refractivity contribution in [3.05, 3.63) is 77.5 Å². The minimum absolute atomic E-state index is 0.490. The molecule has 1 aliphatic rings. The van der Waals surface area contributed by atoms with E-state index in [-0.39, 0.29) is 0 Å². The highest BCUT2D eigenvalue weighted by molar-refractivity contribution is 5.91. The molecule has 33 heavy (non-hydrogen) atoms. The lowest BCUT2D eigenvalue weighted by molar-refractivity contribution is -0.686. The van der Waals surface area contributed by atoms with Gasteiger partial charge in [0.2, 0.25) is 5.69 Å². The molecule has 0 fully saturated rings. The molecule has 4 aromatic rings. The van der Waals surface area contributed by atoms with Crippen LogP contribution >= 0.6 is 0 Å². The first-order chi connectivity index (χ1) is 16.1. The topological polar surface area (TPSA) is 40.8 Å². The zero-order valence-electron chi connectivity index (χ0n) is 19.5. The minimum atomic E-state index is 0.490.